The number of rotatable bonds is 2. The van der Waals surface area contributed by atoms with Crippen molar-refractivity contribution < 1.29 is 8.42 Å². The largest absolute Gasteiger partial charge is 0.399 e. The molecule has 0 bridgehead atoms. The molecule has 4 N–H and O–H groups in total. The molecular formula is C12H20N4O2S. The molecule has 6 nitrogen and oxygen atoms in total. The highest BCUT2D eigenvalue weighted by atomic mass is 32.2. The lowest BCUT2D eigenvalue weighted by molar-refractivity contribution is 0.234. The number of nitrogens with two attached hydrogens (primary N) is 2. The number of piperazine rings is 1. The van der Waals surface area contributed by atoms with E-state index in [1.54, 1.807) is 12.1 Å². The monoisotopic (exact) mass is 284 g/mol. The normalized spacial score (nSPS) is 21.6. The van der Waals surface area contributed by atoms with Crippen molar-refractivity contribution in [2.45, 2.75) is 17.9 Å². The number of benzene rings is 1. The summed E-state index contributed by atoms with van der Waals surface area (Å²) in [7, 11) is -1.65. The maximum absolute atomic E-state index is 11.4. The van der Waals surface area contributed by atoms with Crippen molar-refractivity contribution in [1.29, 1.82) is 0 Å². The topological polar surface area (TPSA) is 92.7 Å². The molecule has 1 fully saturated rings. The Morgan fingerprint density at radius 1 is 1.26 bits per heavy atom. The zero-order chi connectivity index (χ0) is 14.2. The van der Waals surface area contributed by atoms with Crippen LogP contribution in [0.5, 0.6) is 0 Å². The molecule has 19 heavy (non-hydrogen) atoms. The van der Waals surface area contributed by atoms with Crippen LogP contribution in [-0.2, 0) is 10.0 Å². The first kappa shape index (κ1) is 14.1. The van der Waals surface area contributed by atoms with Crippen molar-refractivity contribution in [2.24, 2.45) is 5.14 Å². The van der Waals surface area contributed by atoms with E-state index in [1.165, 1.54) is 6.07 Å². The number of hydrogen-bond donors (Lipinski definition) is 2. The molecule has 0 spiro atoms. The number of nitrogens with zero attached hydrogens (tertiary/aromatic N) is 2. The average molecular weight is 284 g/mol. The Bertz CT molecular complexity index is 573. The van der Waals surface area contributed by atoms with Crippen molar-refractivity contribution in [3.63, 3.8) is 0 Å². The molecule has 1 unspecified atom stereocenters. The lowest BCUT2D eigenvalue weighted by Gasteiger charge is -2.39. The highest BCUT2D eigenvalue weighted by Gasteiger charge is 2.22. The van der Waals surface area contributed by atoms with Crippen LogP contribution >= 0.6 is 0 Å². The molecule has 2 rings (SSSR count). The third kappa shape index (κ3) is 3.17. The van der Waals surface area contributed by atoms with Crippen LogP contribution in [-0.4, -0.2) is 46.0 Å². The van der Waals surface area contributed by atoms with E-state index in [2.05, 4.69) is 23.8 Å². The third-order valence-electron chi connectivity index (χ3n) is 3.57. The minimum atomic E-state index is -3.73. The summed E-state index contributed by atoms with van der Waals surface area (Å²) in [5.41, 5.74) is 6.99. The van der Waals surface area contributed by atoms with Gasteiger partial charge < -0.3 is 15.5 Å². The van der Waals surface area contributed by atoms with Gasteiger partial charge in [-0.3, -0.25) is 0 Å². The fourth-order valence-electron chi connectivity index (χ4n) is 2.24. The predicted octanol–water partition coefficient (Wildman–Crippen LogP) is 0.0565. The minimum Gasteiger partial charge on any atom is -0.399 e. The van der Waals surface area contributed by atoms with Gasteiger partial charge in [0.2, 0.25) is 10.0 Å². The Labute approximate surface area is 114 Å². The molecule has 1 aliphatic heterocycles. The van der Waals surface area contributed by atoms with Crippen LogP contribution in [0, 0.1) is 0 Å². The molecule has 1 saturated heterocycles. The van der Waals surface area contributed by atoms with Gasteiger partial charge in [-0.1, -0.05) is 0 Å². The number of nitrogen functional groups attached to an aromatic ring is 1. The van der Waals surface area contributed by atoms with Gasteiger partial charge in [-0.25, -0.2) is 13.6 Å². The first-order valence-corrected chi connectivity index (χ1v) is 7.70. The van der Waals surface area contributed by atoms with Gasteiger partial charge in [-0.05, 0) is 32.2 Å². The molecule has 1 atom stereocenters. The van der Waals surface area contributed by atoms with Crippen molar-refractivity contribution in [1.82, 2.24) is 4.90 Å². The molecule has 0 aliphatic carbocycles. The van der Waals surface area contributed by atoms with E-state index in [9.17, 15) is 8.42 Å². The lowest BCUT2D eigenvalue weighted by atomic mass is 10.1. The van der Waals surface area contributed by atoms with Crippen LogP contribution in [0.1, 0.15) is 6.92 Å². The smallest absolute Gasteiger partial charge is 0.238 e. The Balaban J connectivity index is 2.33. The Kier molecular flexibility index (Phi) is 3.71. The fourth-order valence-corrected chi connectivity index (χ4v) is 2.82. The van der Waals surface area contributed by atoms with Crippen LogP contribution in [0.3, 0.4) is 0 Å². The van der Waals surface area contributed by atoms with Crippen molar-refractivity contribution in [3.05, 3.63) is 18.2 Å². The first-order valence-electron chi connectivity index (χ1n) is 6.16. The van der Waals surface area contributed by atoms with E-state index >= 15 is 0 Å². The van der Waals surface area contributed by atoms with Crippen molar-refractivity contribution in [2.75, 3.05) is 37.3 Å². The Morgan fingerprint density at radius 3 is 2.53 bits per heavy atom. The zero-order valence-corrected chi connectivity index (χ0v) is 12.0. The second kappa shape index (κ2) is 4.99. The minimum absolute atomic E-state index is 0.0640. The molecule has 7 heteroatoms. The molecule has 0 saturated carbocycles. The number of likely N-dealkylation sites (N-methyl/N-ethyl adjacent to an activating group) is 1. The van der Waals surface area contributed by atoms with Crippen LogP contribution in [0.25, 0.3) is 0 Å². The summed E-state index contributed by atoms with van der Waals surface area (Å²) in [6, 6.07) is 5.17. The van der Waals surface area contributed by atoms with E-state index in [1.807, 2.05) is 0 Å². The third-order valence-corrected chi connectivity index (χ3v) is 4.46. The second-order valence-electron chi connectivity index (χ2n) is 5.08. The summed E-state index contributed by atoms with van der Waals surface area (Å²) in [6.45, 7) is 4.75. The zero-order valence-electron chi connectivity index (χ0n) is 11.2. The van der Waals surface area contributed by atoms with Crippen LogP contribution in [0.4, 0.5) is 11.4 Å². The van der Waals surface area contributed by atoms with Gasteiger partial charge in [0, 0.05) is 37.1 Å². The summed E-state index contributed by atoms with van der Waals surface area (Å²) in [4.78, 5) is 4.47. The average Bonchev–Trinajstić information content (AvgIpc) is 2.31. The van der Waals surface area contributed by atoms with Crippen molar-refractivity contribution in [3.8, 4) is 0 Å². The number of anilines is 2. The van der Waals surface area contributed by atoms with Crippen LogP contribution in [0.2, 0.25) is 0 Å². The van der Waals surface area contributed by atoms with Gasteiger partial charge in [-0.15, -0.1) is 0 Å². The van der Waals surface area contributed by atoms with Gasteiger partial charge in [-0.2, -0.15) is 0 Å². The van der Waals surface area contributed by atoms with E-state index in [0.29, 0.717) is 11.7 Å². The number of sulfonamides is 1. The summed E-state index contributed by atoms with van der Waals surface area (Å²) < 4.78 is 22.9. The van der Waals surface area contributed by atoms with Gasteiger partial charge in [0.25, 0.3) is 0 Å². The summed E-state index contributed by atoms with van der Waals surface area (Å²) in [5.74, 6) is 0. The maximum atomic E-state index is 11.4. The SMILES string of the molecule is CC1CN(c2cc(N)cc(S(N)(=O)=O)c2)CCN1C. The van der Waals surface area contributed by atoms with E-state index in [4.69, 9.17) is 10.9 Å². The fraction of sp³-hybridized carbons (Fsp3) is 0.500. The lowest BCUT2D eigenvalue weighted by Crippen LogP contribution is -2.50. The predicted molar refractivity (Wildman–Crippen MR) is 76.5 cm³/mol. The molecule has 1 aliphatic rings. The van der Waals surface area contributed by atoms with Gasteiger partial charge in [0.1, 0.15) is 0 Å². The van der Waals surface area contributed by atoms with Gasteiger partial charge in [0.15, 0.2) is 0 Å². The summed E-state index contributed by atoms with van der Waals surface area (Å²) in [6.07, 6.45) is 0. The van der Waals surface area contributed by atoms with E-state index in [0.717, 1.165) is 25.3 Å². The molecule has 1 aromatic carbocycles. The highest BCUT2D eigenvalue weighted by Crippen LogP contribution is 2.25. The summed E-state index contributed by atoms with van der Waals surface area (Å²) in [5, 5.41) is 5.16. The van der Waals surface area contributed by atoms with Crippen LogP contribution < -0.4 is 15.8 Å². The highest BCUT2D eigenvalue weighted by molar-refractivity contribution is 7.89. The van der Waals surface area contributed by atoms with E-state index < -0.39 is 10.0 Å². The Hall–Kier alpha value is -1.31. The van der Waals surface area contributed by atoms with Crippen LogP contribution in [0.15, 0.2) is 23.1 Å². The molecule has 0 amide bonds. The maximum Gasteiger partial charge on any atom is 0.238 e. The molecule has 0 radical (unpaired) electrons. The first-order chi connectivity index (χ1) is 8.77. The quantitative estimate of drug-likeness (QED) is 0.749. The molecule has 0 aromatic heterocycles. The molecule has 106 valence electrons. The molecule has 1 heterocycles. The van der Waals surface area contributed by atoms with E-state index in [-0.39, 0.29) is 4.90 Å². The standard InChI is InChI=1S/C12H20N4O2S/c1-9-8-16(4-3-15(9)2)11-5-10(13)6-12(7-11)19(14,17)18/h5-7,9H,3-4,8,13H2,1-2H3,(H2,14,17,18). The molecular weight excluding hydrogens is 264 g/mol. The summed E-state index contributed by atoms with van der Waals surface area (Å²) >= 11 is 0. The second-order valence-corrected chi connectivity index (χ2v) is 6.64. The molecule has 1 aromatic rings. The van der Waals surface area contributed by atoms with Gasteiger partial charge in [0.05, 0.1) is 4.90 Å². The number of hydrogen-bond acceptors (Lipinski definition) is 5. The van der Waals surface area contributed by atoms with Gasteiger partial charge >= 0.3 is 0 Å². The van der Waals surface area contributed by atoms with Crippen molar-refractivity contribution >= 4 is 21.4 Å². The Morgan fingerprint density at radius 2 is 1.95 bits per heavy atom. The number of primary sulfonamides is 1.